The van der Waals surface area contributed by atoms with Crippen molar-refractivity contribution in [2.45, 2.75) is 13.5 Å². The van der Waals surface area contributed by atoms with Gasteiger partial charge < -0.3 is 0 Å². The topological polar surface area (TPSA) is 65.4 Å². The Bertz CT molecular complexity index is 280. The molecule has 0 atom stereocenters. The third-order valence-electron chi connectivity index (χ3n) is 1.36. The van der Waals surface area contributed by atoms with Crippen LogP contribution in [0.3, 0.4) is 0 Å². The van der Waals surface area contributed by atoms with Gasteiger partial charge in [-0.3, -0.25) is 5.43 Å². The molecule has 6 nitrogen and oxygen atoms in total. The lowest BCUT2D eigenvalue weighted by Crippen LogP contribution is -2.40. The predicted molar refractivity (Wildman–Crippen MR) is 44.8 cm³/mol. The van der Waals surface area contributed by atoms with Gasteiger partial charge in [0.2, 0.25) is 0 Å². The van der Waals surface area contributed by atoms with Crippen LogP contribution in [0.4, 0.5) is 0 Å². The van der Waals surface area contributed by atoms with Crippen molar-refractivity contribution in [1.29, 1.82) is 0 Å². The van der Waals surface area contributed by atoms with Crippen molar-refractivity contribution in [3.05, 3.63) is 11.9 Å². The summed E-state index contributed by atoms with van der Waals surface area (Å²) >= 11 is 1.20. The maximum Gasteiger partial charge on any atom is 0.136 e. The number of amidine groups is 1. The Kier molecular flexibility index (Phi) is 1.88. The third kappa shape index (κ3) is 1.51. The van der Waals surface area contributed by atoms with Crippen LogP contribution in [0.2, 0.25) is 0 Å². The predicted octanol–water partition coefficient (Wildman–Crippen LogP) is -0.304. The molecule has 2 heterocycles. The Morgan fingerprint density at radius 2 is 2.58 bits per heavy atom. The first-order valence-corrected chi connectivity index (χ1v) is 4.18. The zero-order valence-corrected chi connectivity index (χ0v) is 7.30. The van der Waals surface area contributed by atoms with Crippen molar-refractivity contribution in [3.8, 4) is 0 Å². The van der Waals surface area contributed by atoms with Gasteiger partial charge in [0.1, 0.15) is 5.84 Å². The van der Waals surface area contributed by atoms with E-state index in [1.807, 2.05) is 6.92 Å². The third-order valence-corrected chi connectivity index (χ3v) is 1.88. The smallest absolute Gasteiger partial charge is 0.136 e. The molecule has 7 heteroatoms. The SMILES string of the molecule is CC1=NNN(Cc2cnsn2)N1. The summed E-state index contributed by atoms with van der Waals surface area (Å²) in [7, 11) is 0. The number of nitrogens with one attached hydrogen (secondary N) is 2. The second-order valence-corrected chi connectivity index (χ2v) is 2.95. The Morgan fingerprint density at radius 3 is 3.17 bits per heavy atom. The highest BCUT2D eigenvalue weighted by atomic mass is 32.1. The molecule has 0 aromatic carbocycles. The van der Waals surface area contributed by atoms with Crippen molar-refractivity contribution in [2.75, 3.05) is 0 Å². The average Bonchev–Trinajstić information content (AvgIpc) is 2.63. The van der Waals surface area contributed by atoms with E-state index in [1.54, 1.807) is 11.3 Å². The van der Waals surface area contributed by atoms with Crippen LogP contribution in [0.1, 0.15) is 12.6 Å². The van der Waals surface area contributed by atoms with E-state index in [0.29, 0.717) is 6.54 Å². The number of hydrazone groups is 1. The number of hydrogen-bond acceptors (Lipinski definition) is 7. The fourth-order valence-corrected chi connectivity index (χ4v) is 1.30. The highest BCUT2D eigenvalue weighted by molar-refractivity contribution is 6.99. The summed E-state index contributed by atoms with van der Waals surface area (Å²) in [5.74, 6) is 0.846. The highest BCUT2D eigenvalue weighted by Gasteiger charge is 2.11. The van der Waals surface area contributed by atoms with Gasteiger partial charge in [-0.2, -0.15) is 8.75 Å². The van der Waals surface area contributed by atoms with Crippen LogP contribution < -0.4 is 11.0 Å². The summed E-state index contributed by atoms with van der Waals surface area (Å²) in [6.45, 7) is 2.53. The molecule has 1 aliphatic heterocycles. The zero-order chi connectivity index (χ0) is 8.39. The fourth-order valence-electron chi connectivity index (χ4n) is 0.871. The summed E-state index contributed by atoms with van der Waals surface area (Å²) < 4.78 is 7.96. The monoisotopic (exact) mass is 184 g/mol. The Balaban J connectivity index is 1.90. The van der Waals surface area contributed by atoms with Crippen molar-refractivity contribution >= 4 is 17.6 Å². The molecule has 0 unspecified atom stereocenters. The van der Waals surface area contributed by atoms with Crippen LogP contribution in [0.25, 0.3) is 0 Å². The van der Waals surface area contributed by atoms with E-state index in [4.69, 9.17) is 0 Å². The molecule has 12 heavy (non-hydrogen) atoms. The summed E-state index contributed by atoms with van der Waals surface area (Å²) in [6, 6.07) is 0. The quantitative estimate of drug-likeness (QED) is 0.660. The molecule has 2 rings (SSSR count). The minimum Gasteiger partial charge on any atom is -0.286 e. The van der Waals surface area contributed by atoms with Gasteiger partial charge >= 0.3 is 0 Å². The van der Waals surface area contributed by atoms with E-state index < -0.39 is 0 Å². The minimum atomic E-state index is 0.650. The van der Waals surface area contributed by atoms with Crippen LogP contribution in [0, 0.1) is 0 Å². The van der Waals surface area contributed by atoms with Gasteiger partial charge in [0.25, 0.3) is 0 Å². The van der Waals surface area contributed by atoms with Crippen LogP contribution in [0.15, 0.2) is 11.3 Å². The van der Waals surface area contributed by atoms with Gasteiger partial charge in [-0.1, -0.05) is 0 Å². The molecule has 0 fully saturated rings. The van der Waals surface area contributed by atoms with Gasteiger partial charge in [0, 0.05) is 0 Å². The highest BCUT2D eigenvalue weighted by Crippen LogP contribution is 1.99. The van der Waals surface area contributed by atoms with Crippen molar-refractivity contribution in [3.63, 3.8) is 0 Å². The molecule has 64 valence electrons. The van der Waals surface area contributed by atoms with Crippen LogP contribution in [-0.4, -0.2) is 19.7 Å². The summed E-state index contributed by atoms with van der Waals surface area (Å²) in [5.41, 5.74) is 6.71. The lowest BCUT2D eigenvalue weighted by Gasteiger charge is -2.12. The van der Waals surface area contributed by atoms with Gasteiger partial charge in [-0.15, -0.1) is 10.2 Å². The molecule has 2 N–H and O–H groups in total. The van der Waals surface area contributed by atoms with Gasteiger partial charge in [-0.05, 0) is 6.92 Å². The molecule has 1 aromatic heterocycles. The Morgan fingerprint density at radius 1 is 1.67 bits per heavy atom. The molecule has 0 amide bonds. The van der Waals surface area contributed by atoms with Crippen molar-refractivity contribution in [2.24, 2.45) is 5.10 Å². The second kappa shape index (κ2) is 3.03. The van der Waals surface area contributed by atoms with E-state index in [2.05, 4.69) is 24.8 Å². The average molecular weight is 184 g/mol. The number of hydrazine groups is 2. The minimum absolute atomic E-state index is 0.650. The maximum atomic E-state index is 4.06. The summed E-state index contributed by atoms with van der Waals surface area (Å²) in [6.07, 6.45) is 1.74. The summed E-state index contributed by atoms with van der Waals surface area (Å²) in [4.78, 5) is 0. The van der Waals surface area contributed by atoms with Crippen LogP contribution in [0.5, 0.6) is 0 Å². The van der Waals surface area contributed by atoms with E-state index in [1.165, 1.54) is 11.7 Å². The number of hydrogen-bond donors (Lipinski definition) is 2. The van der Waals surface area contributed by atoms with Crippen molar-refractivity contribution < 1.29 is 0 Å². The second-order valence-electron chi connectivity index (χ2n) is 2.39. The fraction of sp³-hybridized carbons (Fsp3) is 0.400. The van der Waals surface area contributed by atoms with Crippen LogP contribution in [-0.2, 0) is 6.54 Å². The largest absolute Gasteiger partial charge is 0.286 e. The molecule has 0 saturated heterocycles. The normalized spacial score (nSPS) is 16.9. The molecule has 0 aliphatic carbocycles. The Hall–Kier alpha value is -1.21. The zero-order valence-electron chi connectivity index (χ0n) is 6.48. The van der Waals surface area contributed by atoms with E-state index in [-0.39, 0.29) is 0 Å². The van der Waals surface area contributed by atoms with E-state index in [0.717, 1.165) is 11.5 Å². The molecular formula is C5H8N6S. The molecule has 0 spiro atoms. The maximum absolute atomic E-state index is 4.06. The molecule has 1 aromatic rings. The Labute approximate surface area is 73.5 Å². The molecule has 0 radical (unpaired) electrons. The lowest BCUT2D eigenvalue weighted by atomic mass is 10.5. The molecule has 0 bridgehead atoms. The van der Waals surface area contributed by atoms with E-state index in [9.17, 15) is 0 Å². The van der Waals surface area contributed by atoms with E-state index >= 15 is 0 Å². The standard InChI is InChI=1S/C5H8N6S/c1-4-7-10-11(8-4)3-5-2-6-12-9-5/h2,10H,3H2,1H3,(H,7,8). The number of rotatable bonds is 2. The van der Waals surface area contributed by atoms with Gasteiger partial charge in [0.05, 0.1) is 30.2 Å². The molecule has 0 saturated carbocycles. The van der Waals surface area contributed by atoms with Crippen molar-refractivity contribution in [1.82, 2.24) is 24.8 Å². The molecule has 1 aliphatic rings. The lowest BCUT2D eigenvalue weighted by molar-refractivity contribution is 0.168. The first kappa shape index (κ1) is 7.44. The number of aromatic nitrogens is 2. The first-order valence-electron chi connectivity index (χ1n) is 3.45. The molecular weight excluding hydrogens is 176 g/mol. The number of nitrogens with zero attached hydrogens (tertiary/aromatic N) is 4. The summed E-state index contributed by atoms with van der Waals surface area (Å²) in [5, 5.41) is 5.68. The van der Waals surface area contributed by atoms with Gasteiger partial charge in [-0.25, -0.2) is 5.53 Å². The van der Waals surface area contributed by atoms with Crippen LogP contribution >= 0.6 is 11.7 Å². The van der Waals surface area contributed by atoms with Gasteiger partial charge in [0.15, 0.2) is 0 Å². The first-order chi connectivity index (χ1) is 5.84.